The number of aromatic amines is 2. The van der Waals surface area contributed by atoms with Gasteiger partial charge in [-0.05, 0) is 42.0 Å². The zero-order valence-electron chi connectivity index (χ0n) is 28.7. The SMILES string of the molecule is CC(C)[C@@H]1CN2C(=N1)N(C)C(=O)c1[nH]c(Cc3ccccc3)cc12.CN1C(=O)c2[nH]c(Cc3ccccc3)cc2N2CC3(CCCC3)N=C12. The van der Waals surface area contributed by atoms with Crippen molar-refractivity contribution in [2.75, 3.05) is 37.0 Å². The van der Waals surface area contributed by atoms with Gasteiger partial charge in [0.2, 0.25) is 11.9 Å². The number of benzene rings is 2. The van der Waals surface area contributed by atoms with Crippen molar-refractivity contribution in [3.05, 3.63) is 107 Å². The monoisotopic (exact) mass is 656 g/mol. The van der Waals surface area contributed by atoms with Gasteiger partial charge < -0.3 is 19.8 Å². The molecule has 2 N–H and O–H groups in total. The maximum Gasteiger partial charge on any atom is 0.278 e. The van der Waals surface area contributed by atoms with Crippen LogP contribution >= 0.6 is 0 Å². The number of carbonyl (C=O) groups excluding carboxylic acids is 2. The van der Waals surface area contributed by atoms with Crippen molar-refractivity contribution in [2.24, 2.45) is 15.9 Å². The van der Waals surface area contributed by atoms with Crippen molar-refractivity contribution in [3.8, 4) is 0 Å². The van der Waals surface area contributed by atoms with E-state index in [0.29, 0.717) is 17.3 Å². The number of nitrogens with zero attached hydrogens (tertiary/aromatic N) is 6. The van der Waals surface area contributed by atoms with E-state index in [0.717, 1.165) is 73.5 Å². The number of carbonyl (C=O) groups is 2. The molecular weight excluding hydrogens is 612 g/mol. The lowest BCUT2D eigenvalue weighted by molar-refractivity contribution is 0.0852. The van der Waals surface area contributed by atoms with Gasteiger partial charge in [-0.1, -0.05) is 87.4 Å². The number of H-pyrrole nitrogens is 2. The third-order valence-electron chi connectivity index (χ3n) is 10.6. The van der Waals surface area contributed by atoms with Crippen LogP contribution in [0.25, 0.3) is 0 Å². The van der Waals surface area contributed by atoms with Crippen LogP contribution in [0.1, 0.15) is 83.0 Å². The van der Waals surface area contributed by atoms with Crippen molar-refractivity contribution in [1.29, 1.82) is 0 Å². The Morgan fingerprint density at radius 1 is 0.755 bits per heavy atom. The summed E-state index contributed by atoms with van der Waals surface area (Å²) >= 11 is 0. The highest BCUT2D eigenvalue weighted by Crippen LogP contribution is 2.43. The quantitative estimate of drug-likeness (QED) is 0.272. The van der Waals surface area contributed by atoms with Gasteiger partial charge in [0.15, 0.2) is 0 Å². The Morgan fingerprint density at radius 3 is 1.80 bits per heavy atom. The molecule has 0 radical (unpaired) electrons. The van der Waals surface area contributed by atoms with Crippen LogP contribution in [0, 0.1) is 5.92 Å². The third-order valence-corrected chi connectivity index (χ3v) is 10.6. The molecular formula is C39H44N8O2. The minimum absolute atomic E-state index is 0.0104. The molecule has 49 heavy (non-hydrogen) atoms. The molecule has 0 unspecified atom stereocenters. The van der Waals surface area contributed by atoms with Crippen molar-refractivity contribution in [1.82, 2.24) is 19.8 Å². The van der Waals surface area contributed by atoms with E-state index in [2.05, 4.69) is 70.0 Å². The number of hydrogen-bond donors (Lipinski definition) is 2. The van der Waals surface area contributed by atoms with Gasteiger partial charge in [0.05, 0.1) is 29.5 Å². The molecule has 1 fully saturated rings. The van der Waals surface area contributed by atoms with Crippen molar-refractivity contribution >= 4 is 35.1 Å². The molecule has 1 atom stereocenters. The highest BCUT2D eigenvalue weighted by atomic mass is 16.2. The minimum atomic E-state index is -0.0104. The molecule has 252 valence electrons. The van der Waals surface area contributed by atoms with Crippen LogP contribution in [0.2, 0.25) is 0 Å². The summed E-state index contributed by atoms with van der Waals surface area (Å²) in [7, 11) is 3.64. The summed E-state index contributed by atoms with van der Waals surface area (Å²) in [5.74, 6) is 2.06. The first-order valence-electron chi connectivity index (χ1n) is 17.5. The number of fused-ring (bicyclic) bond motifs is 6. The predicted octanol–water partition coefficient (Wildman–Crippen LogP) is 6.07. The van der Waals surface area contributed by atoms with Gasteiger partial charge >= 0.3 is 0 Å². The second kappa shape index (κ2) is 12.1. The van der Waals surface area contributed by atoms with Crippen LogP contribution < -0.4 is 9.80 Å². The Labute approximate surface area is 287 Å². The highest BCUT2D eigenvalue weighted by molar-refractivity contribution is 6.19. The maximum atomic E-state index is 12.8. The largest absolute Gasteiger partial charge is 0.352 e. The average Bonchev–Trinajstić information content (AvgIpc) is 3.94. The standard InChI is InChI=1S/C20H22N4O.C19H22N4O/c1-23-18(25)17-16(12-15(21-17)11-14-7-3-2-4-8-14)24-13-20(22-19(23)24)9-5-6-10-20;1-12(2)15-11-23-16-10-14(9-13-7-5-4-6-8-13)20-17(16)18(24)22(3)19(23)21-15/h2-4,7-8,12,21H,5-6,9-11,13H2,1H3;4-8,10,12,15,20H,9,11H2,1-3H3/t;15-/m.0/s1. The summed E-state index contributed by atoms with van der Waals surface area (Å²) in [6, 6.07) is 25.1. The number of nitrogens with one attached hydrogen (secondary N) is 2. The van der Waals surface area contributed by atoms with Gasteiger partial charge in [-0.2, -0.15) is 0 Å². The van der Waals surface area contributed by atoms with E-state index in [9.17, 15) is 9.59 Å². The molecule has 4 aliphatic heterocycles. The van der Waals surface area contributed by atoms with E-state index in [4.69, 9.17) is 9.98 Å². The first kappa shape index (κ1) is 31.2. The fourth-order valence-corrected chi connectivity index (χ4v) is 7.87. The van der Waals surface area contributed by atoms with Crippen LogP contribution in [-0.4, -0.2) is 82.3 Å². The molecule has 10 nitrogen and oxygen atoms in total. The number of amides is 2. The first-order valence-corrected chi connectivity index (χ1v) is 17.5. The summed E-state index contributed by atoms with van der Waals surface area (Å²) in [4.78, 5) is 49.7. The molecule has 2 amide bonds. The summed E-state index contributed by atoms with van der Waals surface area (Å²) in [6.07, 6.45) is 6.33. The van der Waals surface area contributed by atoms with Crippen LogP contribution in [0.3, 0.4) is 0 Å². The number of aromatic nitrogens is 2. The molecule has 0 bridgehead atoms. The van der Waals surface area contributed by atoms with Crippen molar-refractivity contribution in [2.45, 2.75) is 64.0 Å². The van der Waals surface area contributed by atoms with Gasteiger partial charge in [0.1, 0.15) is 11.4 Å². The van der Waals surface area contributed by atoms with Crippen LogP contribution in [0.15, 0.2) is 82.8 Å². The Morgan fingerprint density at radius 2 is 1.27 bits per heavy atom. The van der Waals surface area contributed by atoms with E-state index < -0.39 is 0 Å². The molecule has 10 heteroatoms. The van der Waals surface area contributed by atoms with E-state index in [1.807, 2.05) is 43.4 Å². The summed E-state index contributed by atoms with van der Waals surface area (Å²) in [5.41, 5.74) is 7.95. The van der Waals surface area contributed by atoms with Gasteiger partial charge in [0, 0.05) is 44.9 Å². The first-order chi connectivity index (χ1) is 23.7. The lowest BCUT2D eigenvalue weighted by Gasteiger charge is -2.31. The lowest BCUT2D eigenvalue weighted by Crippen LogP contribution is -2.48. The number of anilines is 2. The number of hydrogen-bond acceptors (Lipinski definition) is 6. The molecule has 2 aromatic carbocycles. The molecule has 1 aliphatic carbocycles. The zero-order valence-corrected chi connectivity index (χ0v) is 28.7. The number of guanidine groups is 2. The van der Waals surface area contributed by atoms with Gasteiger partial charge in [-0.3, -0.25) is 19.4 Å². The van der Waals surface area contributed by atoms with Crippen molar-refractivity contribution < 1.29 is 9.59 Å². The van der Waals surface area contributed by atoms with E-state index in [-0.39, 0.29) is 23.4 Å². The maximum absolute atomic E-state index is 12.8. The normalized spacial score (nSPS) is 20.2. The van der Waals surface area contributed by atoms with E-state index >= 15 is 0 Å². The molecule has 4 aromatic rings. The minimum Gasteiger partial charge on any atom is -0.352 e. The van der Waals surface area contributed by atoms with Crippen LogP contribution in [-0.2, 0) is 12.8 Å². The van der Waals surface area contributed by atoms with Crippen LogP contribution in [0.5, 0.6) is 0 Å². The lowest BCUT2D eigenvalue weighted by atomic mass is 9.99. The highest BCUT2D eigenvalue weighted by Gasteiger charge is 2.47. The van der Waals surface area contributed by atoms with Crippen molar-refractivity contribution in [3.63, 3.8) is 0 Å². The molecule has 5 aliphatic rings. The molecule has 1 saturated carbocycles. The molecule has 9 rings (SSSR count). The molecule has 2 aromatic heterocycles. The summed E-state index contributed by atoms with van der Waals surface area (Å²) in [6.45, 7) is 6.08. The summed E-state index contributed by atoms with van der Waals surface area (Å²) in [5, 5.41) is 0. The summed E-state index contributed by atoms with van der Waals surface area (Å²) < 4.78 is 0. The van der Waals surface area contributed by atoms with Gasteiger partial charge in [0.25, 0.3) is 11.8 Å². The Kier molecular flexibility index (Phi) is 7.69. The molecule has 1 spiro atoms. The molecule has 6 heterocycles. The topological polar surface area (TPSA) is 103 Å². The van der Waals surface area contributed by atoms with Gasteiger partial charge in [-0.15, -0.1) is 0 Å². The third kappa shape index (κ3) is 5.53. The second-order valence-corrected chi connectivity index (χ2v) is 14.4. The fourth-order valence-electron chi connectivity index (χ4n) is 7.87. The Balaban J connectivity index is 0.000000142. The Hall–Kier alpha value is -5.12. The average molecular weight is 657 g/mol. The number of rotatable bonds is 5. The second-order valence-electron chi connectivity index (χ2n) is 14.4. The van der Waals surface area contributed by atoms with E-state index in [1.54, 1.807) is 16.8 Å². The number of aliphatic imine (C=N–C) groups is 2. The van der Waals surface area contributed by atoms with Gasteiger partial charge in [-0.25, -0.2) is 9.98 Å². The predicted molar refractivity (Wildman–Crippen MR) is 194 cm³/mol. The Bertz CT molecular complexity index is 1950. The molecule has 0 saturated heterocycles. The van der Waals surface area contributed by atoms with E-state index in [1.165, 1.54) is 24.0 Å². The zero-order chi connectivity index (χ0) is 33.9. The fraction of sp³-hybridized carbons (Fsp3) is 0.385. The smallest absolute Gasteiger partial charge is 0.278 e. The van der Waals surface area contributed by atoms with Crippen LogP contribution in [0.4, 0.5) is 11.4 Å².